The highest BCUT2D eigenvalue weighted by Gasteiger charge is 2.30. The van der Waals surface area contributed by atoms with Crippen LogP contribution in [0.1, 0.15) is 36.4 Å². The molecule has 0 saturated carbocycles. The van der Waals surface area contributed by atoms with Gasteiger partial charge in [0.15, 0.2) is 0 Å². The molecule has 2 aromatic heterocycles. The van der Waals surface area contributed by atoms with Crippen LogP contribution in [0, 0.1) is 0 Å². The van der Waals surface area contributed by atoms with Crippen LogP contribution in [0.4, 0.5) is 23.3 Å². The van der Waals surface area contributed by atoms with Crippen molar-refractivity contribution in [1.29, 1.82) is 0 Å². The fraction of sp³-hybridized carbons (Fsp3) is 0.464. The second-order valence-corrected chi connectivity index (χ2v) is 10.1. The maximum atomic E-state index is 12.9. The Kier molecular flexibility index (Phi) is 7.51. The molecular formula is C28H34N8O3. The number of hydrogen-bond acceptors (Lipinski definition) is 10. The SMILES string of the molecule is Nc1ncc(-c2nc(N3CCOCC3)nc3c2CCC3CCC(=O)Nc2ccc(N3CCOCC3)cc2)cn1. The first-order valence-electron chi connectivity index (χ1n) is 13.7. The number of benzene rings is 1. The van der Waals surface area contributed by atoms with Crippen molar-refractivity contribution in [3.05, 3.63) is 47.9 Å². The minimum Gasteiger partial charge on any atom is -0.378 e. The van der Waals surface area contributed by atoms with Gasteiger partial charge in [0.1, 0.15) is 0 Å². The highest BCUT2D eigenvalue weighted by Crippen LogP contribution is 2.40. The molecule has 11 heteroatoms. The molecule has 3 N–H and O–H groups in total. The van der Waals surface area contributed by atoms with Gasteiger partial charge in [-0.1, -0.05) is 0 Å². The number of morpholine rings is 2. The summed E-state index contributed by atoms with van der Waals surface area (Å²) in [5.41, 5.74) is 11.5. The van der Waals surface area contributed by atoms with Gasteiger partial charge in [0.2, 0.25) is 17.8 Å². The van der Waals surface area contributed by atoms with Crippen molar-refractivity contribution < 1.29 is 14.3 Å². The number of ether oxygens (including phenoxy) is 2. The molecule has 2 aliphatic heterocycles. The molecule has 0 radical (unpaired) electrons. The number of nitrogens with one attached hydrogen (secondary N) is 1. The number of carbonyl (C=O) groups is 1. The lowest BCUT2D eigenvalue weighted by molar-refractivity contribution is -0.116. The molecule has 1 amide bonds. The summed E-state index contributed by atoms with van der Waals surface area (Å²) in [6.07, 6.45) is 6.38. The van der Waals surface area contributed by atoms with Crippen LogP contribution in [0.5, 0.6) is 0 Å². The fourth-order valence-corrected chi connectivity index (χ4v) is 5.52. The van der Waals surface area contributed by atoms with Gasteiger partial charge in [0.05, 0.1) is 37.8 Å². The molecule has 1 unspecified atom stereocenters. The van der Waals surface area contributed by atoms with E-state index in [4.69, 9.17) is 25.2 Å². The number of amides is 1. The summed E-state index contributed by atoms with van der Waals surface area (Å²) >= 11 is 0. The standard InChI is InChI=1S/C28H34N8O3/c29-27-30-17-20(18-31-27)26-23-7-1-19(25(23)33-28(34-26)36-11-15-39-16-12-36)2-8-24(37)32-21-3-5-22(6-4-21)35-9-13-38-14-10-35/h3-6,17-19H,1-2,7-16H2,(H,32,37)(H2,29,30,31). The van der Waals surface area contributed by atoms with Crippen molar-refractivity contribution in [1.82, 2.24) is 19.9 Å². The maximum Gasteiger partial charge on any atom is 0.226 e. The molecule has 0 spiro atoms. The summed E-state index contributed by atoms with van der Waals surface area (Å²) in [6.45, 7) is 6.06. The molecule has 2 fully saturated rings. The number of rotatable bonds is 7. The summed E-state index contributed by atoms with van der Waals surface area (Å²) < 4.78 is 11.0. The fourth-order valence-electron chi connectivity index (χ4n) is 5.52. The zero-order chi connectivity index (χ0) is 26.6. The normalized spacial score (nSPS) is 19.1. The summed E-state index contributed by atoms with van der Waals surface area (Å²) in [4.78, 5) is 35.7. The molecule has 6 rings (SSSR count). The van der Waals surface area contributed by atoms with Gasteiger partial charge in [-0.25, -0.2) is 19.9 Å². The Morgan fingerprint density at radius 1 is 0.949 bits per heavy atom. The largest absolute Gasteiger partial charge is 0.378 e. The van der Waals surface area contributed by atoms with E-state index in [-0.39, 0.29) is 17.8 Å². The van der Waals surface area contributed by atoms with Gasteiger partial charge in [0.25, 0.3) is 0 Å². The molecule has 4 heterocycles. The van der Waals surface area contributed by atoms with E-state index < -0.39 is 0 Å². The second-order valence-electron chi connectivity index (χ2n) is 10.1. The zero-order valence-corrected chi connectivity index (χ0v) is 22.0. The first-order chi connectivity index (χ1) is 19.1. The predicted molar refractivity (Wildman–Crippen MR) is 149 cm³/mol. The summed E-state index contributed by atoms with van der Waals surface area (Å²) in [6, 6.07) is 8.05. The van der Waals surface area contributed by atoms with Crippen LogP contribution >= 0.6 is 0 Å². The van der Waals surface area contributed by atoms with Crippen molar-refractivity contribution in [3.8, 4) is 11.3 Å². The Hall–Kier alpha value is -3.83. The zero-order valence-electron chi connectivity index (χ0n) is 22.0. The molecule has 0 bridgehead atoms. The van der Waals surface area contributed by atoms with Crippen molar-refractivity contribution in [2.75, 3.05) is 73.5 Å². The van der Waals surface area contributed by atoms with Gasteiger partial charge >= 0.3 is 0 Å². The van der Waals surface area contributed by atoms with E-state index >= 15 is 0 Å². The minimum atomic E-state index is 0.0113. The van der Waals surface area contributed by atoms with E-state index in [1.807, 2.05) is 12.1 Å². The average Bonchev–Trinajstić information content (AvgIpc) is 3.40. The Labute approximate surface area is 227 Å². The highest BCUT2D eigenvalue weighted by atomic mass is 16.5. The van der Waals surface area contributed by atoms with E-state index in [0.29, 0.717) is 25.6 Å². The van der Waals surface area contributed by atoms with E-state index in [9.17, 15) is 4.79 Å². The Morgan fingerprint density at radius 2 is 1.62 bits per heavy atom. The number of aromatic nitrogens is 4. The number of fused-ring (bicyclic) bond motifs is 1. The summed E-state index contributed by atoms with van der Waals surface area (Å²) in [5, 5.41) is 3.06. The van der Waals surface area contributed by atoms with Crippen molar-refractivity contribution in [2.45, 2.75) is 31.6 Å². The molecule has 3 aliphatic rings. The number of nitrogens with two attached hydrogens (primary N) is 1. The maximum absolute atomic E-state index is 12.9. The lowest BCUT2D eigenvalue weighted by Gasteiger charge is -2.28. The molecular weight excluding hydrogens is 496 g/mol. The van der Waals surface area contributed by atoms with E-state index in [2.05, 4.69) is 37.2 Å². The molecule has 3 aromatic rings. The van der Waals surface area contributed by atoms with Crippen LogP contribution in [-0.2, 0) is 20.7 Å². The van der Waals surface area contributed by atoms with E-state index in [1.54, 1.807) is 12.4 Å². The van der Waals surface area contributed by atoms with Gasteiger partial charge in [-0.05, 0) is 43.5 Å². The first-order valence-corrected chi connectivity index (χ1v) is 13.7. The Bertz CT molecular complexity index is 1290. The van der Waals surface area contributed by atoms with Crippen LogP contribution in [0.25, 0.3) is 11.3 Å². The third-order valence-electron chi connectivity index (χ3n) is 7.64. The molecule has 11 nitrogen and oxygen atoms in total. The third kappa shape index (κ3) is 5.79. The highest BCUT2D eigenvalue weighted by molar-refractivity contribution is 5.91. The number of nitrogens with zero attached hydrogens (tertiary/aromatic N) is 6. The summed E-state index contributed by atoms with van der Waals surface area (Å²) in [5.74, 6) is 1.13. The Morgan fingerprint density at radius 3 is 2.31 bits per heavy atom. The monoisotopic (exact) mass is 530 g/mol. The lowest BCUT2D eigenvalue weighted by atomic mass is 9.99. The predicted octanol–water partition coefficient (Wildman–Crippen LogP) is 2.64. The van der Waals surface area contributed by atoms with Gasteiger partial charge < -0.3 is 30.3 Å². The Balaban J connectivity index is 1.15. The third-order valence-corrected chi connectivity index (χ3v) is 7.64. The molecule has 2 saturated heterocycles. The average molecular weight is 531 g/mol. The van der Waals surface area contributed by atoms with Crippen molar-refractivity contribution in [3.63, 3.8) is 0 Å². The van der Waals surface area contributed by atoms with Crippen molar-refractivity contribution >= 4 is 29.2 Å². The van der Waals surface area contributed by atoms with Crippen LogP contribution in [0.3, 0.4) is 0 Å². The number of anilines is 4. The minimum absolute atomic E-state index is 0.0113. The molecule has 204 valence electrons. The van der Waals surface area contributed by atoms with Crippen LogP contribution in [0.2, 0.25) is 0 Å². The van der Waals surface area contributed by atoms with Gasteiger partial charge in [0, 0.05) is 73.4 Å². The lowest BCUT2D eigenvalue weighted by Crippen LogP contribution is -2.37. The second kappa shape index (κ2) is 11.5. The molecule has 39 heavy (non-hydrogen) atoms. The topological polar surface area (TPSA) is 132 Å². The molecule has 1 atom stereocenters. The van der Waals surface area contributed by atoms with Gasteiger partial charge in [-0.2, -0.15) is 0 Å². The number of hydrogen-bond donors (Lipinski definition) is 2. The smallest absolute Gasteiger partial charge is 0.226 e. The molecule has 1 aliphatic carbocycles. The number of nitrogen functional groups attached to an aromatic ring is 1. The summed E-state index contributed by atoms with van der Waals surface area (Å²) in [7, 11) is 0. The quantitative estimate of drug-likeness (QED) is 0.470. The number of carbonyl (C=O) groups excluding carboxylic acids is 1. The van der Waals surface area contributed by atoms with E-state index in [1.165, 1.54) is 0 Å². The van der Waals surface area contributed by atoms with Crippen LogP contribution < -0.4 is 20.9 Å². The van der Waals surface area contributed by atoms with Crippen LogP contribution in [0.15, 0.2) is 36.7 Å². The van der Waals surface area contributed by atoms with Gasteiger partial charge in [-0.3, -0.25) is 4.79 Å². The molecule has 1 aromatic carbocycles. The van der Waals surface area contributed by atoms with Gasteiger partial charge in [-0.15, -0.1) is 0 Å². The van der Waals surface area contributed by atoms with E-state index in [0.717, 1.165) is 92.5 Å². The van der Waals surface area contributed by atoms with Crippen LogP contribution in [-0.4, -0.2) is 78.4 Å². The first kappa shape index (κ1) is 25.4. The van der Waals surface area contributed by atoms with Crippen molar-refractivity contribution in [2.24, 2.45) is 0 Å².